The zero-order valence-corrected chi connectivity index (χ0v) is 12.5. The largest absolute Gasteiger partial charge is 0.388 e. The van der Waals surface area contributed by atoms with E-state index >= 15 is 0 Å². The van der Waals surface area contributed by atoms with Gasteiger partial charge < -0.3 is 5.11 Å². The first-order valence-corrected chi connectivity index (χ1v) is 7.81. The third-order valence-electron chi connectivity index (χ3n) is 3.31. The molecule has 100 valence electrons. The fourth-order valence-corrected chi connectivity index (χ4v) is 3.84. The Morgan fingerprint density at radius 2 is 2.16 bits per heavy atom. The molecule has 0 bridgehead atoms. The molecular weight excluding hydrogens is 301 g/mol. The molecule has 1 aromatic carbocycles. The van der Waals surface area contributed by atoms with Crippen LogP contribution in [0.2, 0.25) is 10.0 Å². The van der Waals surface area contributed by atoms with Crippen LogP contribution in [0.25, 0.3) is 0 Å². The predicted octanol–water partition coefficient (Wildman–Crippen LogP) is 4.41. The highest BCUT2D eigenvalue weighted by Gasteiger charge is 2.22. The Kier molecular flexibility index (Phi) is 3.81. The van der Waals surface area contributed by atoms with E-state index in [4.69, 9.17) is 23.2 Å². The van der Waals surface area contributed by atoms with Crippen LogP contribution in [0, 0.1) is 0 Å². The molecule has 1 N–H and O–H groups in total. The van der Waals surface area contributed by atoms with Gasteiger partial charge in [-0.3, -0.25) is 0 Å². The molecule has 0 radical (unpaired) electrons. The van der Waals surface area contributed by atoms with Gasteiger partial charge in [-0.05, 0) is 37.0 Å². The Morgan fingerprint density at radius 1 is 1.32 bits per heavy atom. The number of aliphatic hydroxyl groups excluding tert-OH is 1. The Balaban J connectivity index is 1.85. The number of thiazole rings is 1. The van der Waals surface area contributed by atoms with Crippen molar-refractivity contribution in [2.75, 3.05) is 0 Å². The molecule has 2 nitrogen and oxygen atoms in total. The van der Waals surface area contributed by atoms with Crippen LogP contribution in [0.15, 0.2) is 18.2 Å². The fraction of sp³-hybridized carbons (Fsp3) is 0.357. The van der Waals surface area contributed by atoms with Crippen LogP contribution in [0.1, 0.15) is 40.1 Å². The van der Waals surface area contributed by atoms with Gasteiger partial charge in [-0.2, -0.15) is 0 Å². The SMILES string of the molecule is OC1CCCc2nc(Cc3ccc(Cl)c(Cl)c3)sc21. The maximum atomic E-state index is 9.95. The Hall–Kier alpha value is -0.610. The normalized spacial score (nSPS) is 18.4. The zero-order chi connectivity index (χ0) is 13.4. The standard InChI is InChI=1S/C14H13Cl2NOS/c15-9-5-4-8(6-10(9)16)7-13-17-11-2-1-3-12(18)14(11)19-13/h4-6,12,18H,1-3,7H2. The number of benzene rings is 1. The number of hydrogen-bond donors (Lipinski definition) is 1. The molecule has 0 fully saturated rings. The smallest absolute Gasteiger partial charge is 0.0975 e. The molecule has 0 amide bonds. The molecule has 1 atom stereocenters. The van der Waals surface area contributed by atoms with Gasteiger partial charge in [0, 0.05) is 6.42 Å². The summed E-state index contributed by atoms with van der Waals surface area (Å²) in [6.45, 7) is 0. The zero-order valence-electron chi connectivity index (χ0n) is 10.2. The monoisotopic (exact) mass is 313 g/mol. The van der Waals surface area contributed by atoms with Crippen molar-refractivity contribution in [3.63, 3.8) is 0 Å². The molecule has 0 saturated carbocycles. The Bertz CT molecular complexity index is 611. The molecule has 0 saturated heterocycles. The molecular formula is C14H13Cl2NOS. The lowest BCUT2D eigenvalue weighted by Gasteiger charge is -2.14. The van der Waals surface area contributed by atoms with E-state index in [1.54, 1.807) is 11.3 Å². The van der Waals surface area contributed by atoms with Gasteiger partial charge in [0.05, 0.1) is 31.7 Å². The van der Waals surface area contributed by atoms with Gasteiger partial charge in [0.1, 0.15) is 0 Å². The van der Waals surface area contributed by atoms with E-state index in [0.29, 0.717) is 10.0 Å². The molecule has 1 aliphatic rings. The van der Waals surface area contributed by atoms with Crippen molar-refractivity contribution in [1.29, 1.82) is 0 Å². The van der Waals surface area contributed by atoms with E-state index in [-0.39, 0.29) is 6.10 Å². The number of aryl methyl sites for hydroxylation is 1. The van der Waals surface area contributed by atoms with Crippen molar-refractivity contribution >= 4 is 34.5 Å². The minimum Gasteiger partial charge on any atom is -0.388 e. The van der Waals surface area contributed by atoms with Gasteiger partial charge in [-0.15, -0.1) is 11.3 Å². The summed E-state index contributed by atoms with van der Waals surface area (Å²) in [4.78, 5) is 5.67. The summed E-state index contributed by atoms with van der Waals surface area (Å²) in [5.74, 6) is 0. The first-order chi connectivity index (χ1) is 9.13. The van der Waals surface area contributed by atoms with Crippen LogP contribution >= 0.6 is 34.5 Å². The van der Waals surface area contributed by atoms with Gasteiger partial charge in [-0.1, -0.05) is 29.3 Å². The third-order valence-corrected chi connectivity index (χ3v) is 5.24. The summed E-state index contributed by atoms with van der Waals surface area (Å²) in [6, 6.07) is 5.65. The maximum Gasteiger partial charge on any atom is 0.0975 e. The van der Waals surface area contributed by atoms with E-state index in [1.807, 2.05) is 18.2 Å². The lowest BCUT2D eigenvalue weighted by Crippen LogP contribution is -2.06. The topological polar surface area (TPSA) is 33.1 Å². The molecule has 0 aliphatic heterocycles. The van der Waals surface area contributed by atoms with Crippen LogP contribution in [-0.2, 0) is 12.8 Å². The number of hydrogen-bond acceptors (Lipinski definition) is 3. The van der Waals surface area contributed by atoms with E-state index in [9.17, 15) is 5.11 Å². The first kappa shape index (κ1) is 13.4. The minimum atomic E-state index is -0.330. The van der Waals surface area contributed by atoms with Crippen molar-refractivity contribution in [3.05, 3.63) is 49.4 Å². The van der Waals surface area contributed by atoms with Crippen molar-refractivity contribution in [3.8, 4) is 0 Å². The molecule has 19 heavy (non-hydrogen) atoms. The number of aliphatic hydroxyl groups is 1. The molecule has 2 aromatic rings. The van der Waals surface area contributed by atoms with Gasteiger partial charge >= 0.3 is 0 Å². The van der Waals surface area contributed by atoms with E-state index in [1.165, 1.54) is 0 Å². The average Bonchev–Trinajstić information content (AvgIpc) is 2.78. The average molecular weight is 314 g/mol. The lowest BCUT2D eigenvalue weighted by atomic mass is 10.0. The van der Waals surface area contributed by atoms with E-state index in [2.05, 4.69) is 4.98 Å². The van der Waals surface area contributed by atoms with Crippen molar-refractivity contribution in [2.45, 2.75) is 31.8 Å². The number of aromatic nitrogens is 1. The third kappa shape index (κ3) is 2.79. The summed E-state index contributed by atoms with van der Waals surface area (Å²) in [5.41, 5.74) is 2.16. The Labute approximate surface area is 126 Å². The second-order valence-electron chi connectivity index (χ2n) is 4.75. The fourth-order valence-electron chi connectivity index (χ4n) is 2.35. The first-order valence-electron chi connectivity index (χ1n) is 6.24. The van der Waals surface area contributed by atoms with Crippen LogP contribution < -0.4 is 0 Å². The predicted molar refractivity (Wildman–Crippen MR) is 79.3 cm³/mol. The summed E-state index contributed by atoms with van der Waals surface area (Å²) < 4.78 is 0. The maximum absolute atomic E-state index is 9.95. The number of halogens is 2. The van der Waals surface area contributed by atoms with Gasteiger partial charge in [0.25, 0.3) is 0 Å². The summed E-state index contributed by atoms with van der Waals surface area (Å²) in [7, 11) is 0. The highest BCUT2D eigenvalue weighted by atomic mass is 35.5. The second-order valence-corrected chi connectivity index (χ2v) is 6.68. The van der Waals surface area contributed by atoms with Gasteiger partial charge in [-0.25, -0.2) is 4.98 Å². The molecule has 1 aliphatic carbocycles. The van der Waals surface area contributed by atoms with Crippen LogP contribution in [0.4, 0.5) is 0 Å². The molecule has 5 heteroatoms. The van der Waals surface area contributed by atoms with Crippen molar-refractivity contribution in [2.24, 2.45) is 0 Å². The second kappa shape index (κ2) is 5.41. The van der Waals surface area contributed by atoms with E-state index < -0.39 is 0 Å². The minimum absolute atomic E-state index is 0.330. The number of nitrogens with zero attached hydrogens (tertiary/aromatic N) is 1. The van der Waals surface area contributed by atoms with Crippen LogP contribution in [-0.4, -0.2) is 10.1 Å². The van der Waals surface area contributed by atoms with Crippen molar-refractivity contribution < 1.29 is 5.11 Å². The van der Waals surface area contributed by atoms with Crippen molar-refractivity contribution in [1.82, 2.24) is 4.98 Å². The molecule has 1 unspecified atom stereocenters. The summed E-state index contributed by atoms with van der Waals surface area (Å²) in [6.07, 6.45) is 3.25. The summed E-state index contributed by atoms with van der Waals surface area (Å²) in [5, 5.41) is 12.1. The van der Waals surface area contributed by atoms with Crippen LogP contribution in [0.3, 0.4) is 0 Å². The van der Waals surface area contributed by atoms with Gasteiger partial charge in [0.15, 0.2) is 0 Å². The highest BCUT2D eigenvalue weighted by molar-refractivity contribution is 7.11. The summed E-state index contributed by atoms with van der Waals surface area (Å²) >= 11 is 13.5. The Morgan fingerprint density at radius 3 is 2.89 bits per heavy atom. The molecule has 3 rings (SSSR count). The molecule has 1 aromatic heterocycles. The quantitative estimate of drug-likeness (QED) is 0.890. The number of fused-ring (bicyclic) bond motifs is 1. The van der Waals surface area contributed by atoms with Crippen LogP contribution in [0.5, 0.6) is 0 Å². The highest BCUT2D eigenvalue weighted by Crippen LogP contribution is 2.35. The molecule has 0 spiro atoms. The molecule has 1 heterocycles. The van der Waals surface area contributed by atoms with Gasteiger partial charge in [0.2, 0.25) is 0 Å². The van der Waals surface area contributed by atoms with E-state index in [0.717, 1.165) is 46.8 Å². The lowest BCUT2D eigenvalue weighted by molar-refractivity contribution is 0.160. The number of rotatable bonds is 2.